The number of halogens is 3. The van der Waals surface area contributed by atoms with Gasteiger partial charge in [-0.25, -0.2) is 13.2 Å². The fourth-order valence-corrected chi connectivity index (χ4v) is 3.44. The van der Waals surface area contributed by atoms with Gasteiger partial charge in [-0.1, -0.05) is 6.07 Å². The van der Waals surface area contributed by atoms with Gasteiger partial charge in [-0.2, -0.15) is 0 Å². The molecule has 2 heterocycles. The molecule has 0 bridgehead atoms. The molecule has 4 rings (SSSR count). The number of hydrogen-bond donors (Lipinski definition) is 2. The maximum Gasteiger partial charge on any atom is 0.307 e. The first-order valence-electron chi connectivity index (χ1n) is 9.54. The molecule has 0 spiro atoms. The number of carboxylic acid groups (broad SMARTS) is 1. The number of rotatable bonds is 7. The van der Waals surface area contributed by atoms with Crippen LogP contribution in [-0.4, -0.2) is 16.1 Å². The molecule has 6 nitrogen and oxygen atoms in total. The van der Waals surface area contributed by atoms with Gasteiger partial charge < -0.3 is 20.0 Å². The summed E-state index contributed by atoms with van der Waals surface area (Å²) < 4.78 is 54.6. The van der Waals surface area contributed by atoms with Gasteiger partial charge in [0.15, 0.2) is 5.82 Å². The molecule has 3 N–H and O–H groups in total. The highest BCUT2D eigenvalue weighted by atomic mass is 19.1. The van der Waals surface area contributed by atoms with Crippen molar-refractivity contribution in [2.75, 3.05) is 0 Å². The van der Waals surface area contributed by atoms with Crippen molar-refractivity contribution in [3.8, 4) is 16.9 Å². The van der Waals surface area contributed by atoms with E-state index in [0.717, 1.165) is 12.1 Å². The van der Waals surface area contributed by atoms with Crippen LogP contribution in [0.2, 0.25) is 0 Å². The van der Waals surface area contributed by atoms with Crippen LogP contribution in [0.5, 0.6) is 5.75 Å². The van der Waals surface area contributed by atoms with Gasteiger partial charge in [-0.3, -0.25) is 9.78 Å². The number of carboxylic acids is 1. The summed E-state index contributed by atoms with van der Waals surface area (Å²) in [4.78, 5) is 15.0. The quantitative estimate of drug-likeness (QED) is 0.435. The molecule has 32 heavy (non-hydrogen) atoms. The molecular weight excluding hydrogens is 425 g/mol. The maximum absolute atomic E-state index is 15.1. The summed E-state index contributed by atoms with van der Waals surface area (Å²) in [5.74, 6) is -3.09. The number of furan rings is 1. The van der Waals surface area contributed by atoms with Crippen LogP contribution in [0.1, 0.15) is 16.8 Å². The molecule has 0 aliphatic rings. The molecule has 0 aliphatic carbocycles. The first-order chi connectivity index (χ1) is 15.4. The third-order valence-electron chi connectivity index (χ3n) is 4.95. The Balaban J connectivity index is 1.77. The average molecular weight is 442 g/mol. The van der Waals surface area contributed by atoms with Gasteiger partial charge in [0.2, 0.25) is 0 Å². The van der Waals surface area contributed by atoms with E-state index in [1.807, 2.05) is 0 Å². The Labute approximate surface area is 180 Å². The highest BCUT2D eigenvalue weighted by molar-refractivity contribution is 5.93. The fraction of sp³-hybridized carbons (Fsp3) is 0.130. The van der Waals surface area contributed by atoms with Gasteiger partial charge in [0.1, 0.15) is 29.6 Å². The first kappa shape index (κ1) is 21.4. The normalized spacial score (nSPS) is 11.1. The van der Waals surface area contributed by atoms with Crippen molar-refractivity contribution < 1.29 is 32.2 Å². The molecule has 4 aromatic rings. The zero-order valence-electron chi connectivity index (χ0n) is 16.6. The summed E-state index contributed by atoms with van der Waals surface area (Å²) in [6, 6.07) is 7.63. The van der Waals surface area contributed by atoms with Crippen molar-refractivity contribution >= 4 is 16.9 Å². The van der Waals surface area contributed by atoms with E-state index in [1.54, 1.807) is 0 Å². The van der Waals surface area contributed by atoms with E-state index in [-0.39, 0.29) is 57.8 Å². The molecule has 0 saturated heterocycles. The number of nitrogens with two attached hydrogens (primary N) is 1. The van der Waals surface area contributed by atoms with E-state index in [4.69, 9.17) is 20.0 Å². The molecule has 2 aromatic heterocycles. The Morgan fingerprint density at radius 1 is 1.06 bits per heavy atom. The molecule has 0 fully saturated rings. The molecule has 0 aliphatic heterocycles. The second-order valence-electron chi connectivity index (χ2n) is 7.00. The van der Waals surface area contributed by atoms with Crippen molar-refractivity contribution in [2.45, 2.75) is 19.6 Å². The monoisotopic (exact) mass is 442 g/mol. The second-order valence-corrected chi connectivity index (χ2v) is 7.00. The lowest BCUT2D eigenvalue weighted by molar-refractivity contribution is -0.136. The zero-order valence-corrected chi connectivity index (χ0v) is 16.6. The second kappa shape index (κ2) is 8.72. The molecule has 0 atom stereocenters. The number of aliphatic carboxylic acids is 1. The summed E-state index contributed by atoms with van der Waals surface area (Å²) in [6.45, 7) is -0.476. The number of fused-ring (bicyclic) bond motifs is 1. The number of benzene rings is 2. The predicted molar refractivity (Wildman–Crippen MR) is 109 cm³/mol. The molecule has 0 amide bonds. The van der Waals surface area contributed by atoms with Crippen LogP contribution in [0.25, 0.3) is 22.1 Å². The van der Waals surface area contributed by atoms with Crippen LogP contribution < -0.4 is 10.5 Å². The van der Waals surface area contributed by atoms with Crippen molar-refractivity contribution in [2.24, 2.45) is 5.73 Å². The minimum absolute atomic E-state index is 0.0267. The SMILES string of the molecule is NCc1nccc(-c2cc(COc3cc(F)ccc3CC(=O)O)c(F)c3ccoc23)c1F. The highest BCUT2D eigenvalue weighted by Crippen LogP contribution is 2.35. The van der Waals surface area contributed by atoms with Crippen LogP contribution in [0.15, 0.2) is 53.3 Å². The first-order valence-corrected chi connectivity index (χ1v) is 9.54. The Kier molecular flexibility index (Phi) is 5.83. The Morgan fingerprint density at radius 2 is 1.88 bits per heavy atom. The van der Waals surface area contributed by atoms with E-state index in [9.17, 15) is 13.6 Å². The van der Waals surface area contributed by atoms with Crippen LogP contribution in [-0.2, 0) is 24.4 Å². The zero-order chi connectivity index (χ0) is 22.8. The van der Waals surface area contributed by atoms with E-state index in [0.29, 0.717) is 0 Å². The molecule has 9 heteroatoms. The minimum atomic E-state index is -1.13. The van der Waals surface area contributed by atoms with Gasteiger partial charge in [0, 0.05) is 41.1 Å². The number of aromatic nitrogens is 1. The van der Waals surface area contributed by atoms with Gasteiger partial charge in [-0.05, 0) is 24.3 Å². The van der Waals surface area contributed by atoms with E-state index >= 15 is 4.39 Å². The number of nitrogens with zero attached hydrogens (tertiary/aromatic N) is 1. The molecule has 2 aromatic carbocycles. The van der Waals surface area contributed by atoms with Crippen molar-refractivity contribution in [1.82, 2.24) is 4.98 Å². The lowest BCUT2D eigenvalue weighted by Gasteiger charge is -2.14. The van der Waals surface area contributed by atoms with E-state index < -0.39 is 29.8 Å². The summed E-state index contributed by atoms with van der Waals surface area (Å²) in [5, 5.41) is 9.15. The lowest BCUT2D eigenvalue weighted by Crippen LogP contribution is -2.06. The van der Waals surface area contributed by atoms with Crippen LogP contribution in [0.4, 0.5) is 13.2 Å². The molecular formula is C23H17F3N2O4. The smallest absolute Gasteiger partial charge is 0.307 e. The Hall–Kier alpha value is -3.85. The van der Waals surface area contributed by atoms with Crippen LogP contribution in [0, 0.1) is 17.5 Å². The van der Waals surface area contributed by atoms with Gasteiger partial charge in [0.05, 0.1) is 23.8 Å². The van der Waals surface area contributed by atoms with E-state index in [2.05, 4.69) is 4.98 Å². The summed E-state index contributed by atoms with van der Waals surface area (Å²) in [5.41, 5.74) is 6.39. The fourth-order valence-electron chi connectivity index (χ4n) is 3.44. The highest BCUT2D eigenvalue weighted by Gasteiger charge is 2.20. The standard InChI is InChI=1S/C23H17F3N2O4/c24-14-2-1-12(8-20(29)30)19(9-14)32-11-13-7-17(23-16(21(13)25)4-6-31-23)15-3-5-28-18(10-27)22(15)26/h1-7,9H,8,10-11,27H2,(H,29,30). The summed E-state index contributed by atoms with van der Waals surface area (Å²) in [7, 11) is 0. The number of hydrogen-bond acceptors (Lipinski definition) is 5. The topological polar surface area (TPSA) is 98.6 Å². The van der Waals surface area contributed by atoms with Crippen molar-refractivity contribution in [1.29, 1.82) is 0 Å². The maximum atomic E-state index is 15.1. The Bertz CT molecular complexity index is 1320. The number of carbonyl (C=O) groups is 1. The summed E-state index contributed by atoms with van der Waals surface area (Å²) >= 11 is 0. The third-order valence-corrected chi connectivity index (χ3v) is 4.95. The molecule has 164 valence electrons. The average Bonchev–Trinajstić information content (AvgIpc) is 3.26. The van der Waals surface area contributed by atoms with Crippen molar-refractivity contribution in [3.63, 3.8) is 0 Å². The summed E-state index contributed by atoms with van der Waals surface area (Å²) in [6.07, 6.45) is 2.27. The van der Waals surface area contributed by atoms with Gasteiger partial charge in [0.25, 0.3) is 0 Å². The minimum Gasteiger partial charge on any atom is -0.488 e. The molecule has 0 radical (unpaired) electrons. The van der Waals surface area contributed by atoms with Gasteiger partial charge >= 0.3 is 5.97 Å². The van der Waals surface area contributed by atoms with E-state index in [1.165, 1.54) is 36.7 Å². The van der Waals surface area contributed by atoms with Crippen LogP contribution >= 0.6 is 0 Å². The van der Waals surface area contributed by atoms with Crippen molar-refractivity contribution in [3.05, 3.63) is 83.1 Å². The number of ether oxygens (including phenoxy) is 1. The van der Waals surface area contributed by atoms with Crippen LogP contribution in [0.3, 0.4) is 0 Å². The largest absolute Gasteiger partial charge is 0.488 e. The predicted octanol–water partition coefficient (Wildman–Crippen LogP) is 4.58. The Morgan fingerprint density at radius 3 is 2.62 bits per heavy atom. The molecule has 0 unspecified atom stereocenters. The van der Waals surface area contributed by atoms with Gasteiger partial charge in [-0.15, -0.1) is 0 Å². The number of pyridine rings is 1. The molecule has 0 saturated carbocycles. The third kappa shape index (κ3) is 4.02. The lowest BCUT2D eigenvalue weighted by atomic mass is 9.99.